The van der Waals surface area contributed by atoms with Gasteiger partial charge in [-0.15, -0.1) is 0 Å². The van der Waals surface area contributed by atoms with Crippen LogP contribution in [0.5, 0.6) is 11.5 Å². The van der Waals surface area contributed by atoms with Gasteiger partial charge in [0.1, 0.15) is 11.5 Å². The van der Waals surface area contributed by atoms with E-state index < -0.39 is 22.6 Å². The summed E-state index contributed by atoms with van der Waals surface area (Å²) in [7, 11) is -0.580. The highest BCUT2D eigenvalue weighted by Crippen LogP contribution is 2.33. The number of carbonyl (C=O) groups is 1. The summed E-state index contributed by atoms with van der Waals surface area (Å²) in [4.78, 5) is 11.2. The van der Waals surface area contributed by atoms with Crippen LogP contribution in [0.3, 0.4) is 0 Å². The van der Waals surface area contributed by atoms with Gasteiger partial charge in [0.2, 0.25) is 10.0 Å². The SMILES string of the molecule is COc1cccc(-c2cc(CN(C)S(=O)(=O)c3ccccc3)ccc2OCC(=O)O)c1. The Labute approximate surface area is 181 Å². The largest absolute Gasteiger partial charge is 0.497 e. The quantitative estimate of drug-likeness (QED) is 0.545. The van der Waals surface area contributed by atoms with Crippen LogP contribution >= 0.6 is 0 Å². The summed E-state index contributed by atoms with van der Waals surface area (Å²) in [6, 6.07) is 20.6. The standard InChI is InChI=1S/C23H23NO6S/c1-24(31(27,28)20-9-4-3-5-10-20)15-17-11-12-22(30-16-23(25)26)21(13-17)18-7-6-8-19(14-18)29-2/h3-14H,15-16H2,1-2H3,(H,25,26). The Bertz CT molecular complexity index is 1160. The molecule has 0 fully saturated rings. The van der Waals surface area contributed by atoms with E-state index in [9.17, 15) is 13.2 Å². The molecule has 3 aromatic carbocycles. The molecule has 0 amide bonds. The van der Waals surface area contributed by atoms with E-state index in [-0.39, 0.29) is 11.4 Å². The molecule has 162 valence electrons. The molecular weight excluding hydrogens is 418 g/mol. The van der Waals surface area contributed by atoms with Crippen molar-refractivity contribution in [3.63, 3.8) is 0 Å². The topological polar surface area (TPSA) is 93.1 Å². The van der Waals surface area contributed by atoms with Gasteiger partial charge in [-0.05, 0) is 47.5 Å². The van der Waals surface area contributed by atoms with Crippen LogP contribution in [0.1, 0.15) is 5.56 Å². The van der Waals surface area contributed by atoms with Gasteiger partial charge in [0, 0.05) is 19.2 Å². The number of nitrogens with zero attached hydrogens (tertiary/aromatic N) is 1. The lowest BCUT2D eigenvalue weighted by atomic mass is 10.0. The average Bonchev–Trinajstić information content (AvgIpc) is 2.78. The van der Waals surface area contributed by atoms with Crippen molar-refractivity contribution in [3.8, 4) is 22.6 Å². The van der Waals surface area contributed by atoms with E-state index in [0.717, 1.165) is 11.1 Å². The smallest absolute Gasteiger partial charge is 0.341 e. The molecule has 0 bridgehead atoms. The van der Waals surface area contributed by atoms with Gasteiger partial charge in [0.25, 0.3) is 0 Å². The van der Waals surface area contributed by atoms with E-state index in [1.54, 1.807) is 67.8 Å². The molecular formula is C23H23NO6S. The van der Waals surface area contributed by atoms with Gasteiger partial charge >= 0.3 is 5.97 Å². The normalized spacial score (nSPS) is 11.3. The minimum absolute atomic E-state index is 0.132. The van der Waals surface area contributed by atoms with Crippen molar-refractivity contribution in [2.45, 2.75) is 11.4 Å². The molecule has 0 aliphatic heterocycles. The zero-order valence-electron chi connectivity index (χ0n) is 17.2. The van der Waals surface area contributed by atoms with E-state index in [4.69, 9.17) is 14.6 Å². The number of aliphatic carboxylic acids is 1. The molecule has 7 nitrogen and oxygen atoms in total. The Balaban J connectivity index is 1.95. The number of carboxylic acids is 1. The van der Waals surface area contributed by atoms with Gasteiger partial charge in [-0.3, -0.25) is 0 Å². The minimum atomic E-state index is -3.65. The number of hydrogen-bond acceptors (Lipinski definition) is 5. The van der Waals surface area contributed by atoms with Gasteiger partial charge in [-0.1, -0.05) is 36.4 Å². The summed E-state index contributed by atoms with van der Waals surface area (Å²) in [6.07, 6.45) is 0. The number of sulfonamides is 1. The fourth-order valence-corrected chi connectivity index (χ4v) is 4.25. The molecule has 0 aliphatic carbocycles. The summed E-state index contributed by atoms with van der Waals surface area (Å²) in [5.41, 5.74) is 2.13. The molecule has 0 radical (unpaired) electrons. The molecule has 0 heterocycles. The van der Waals surface area contributed by atoms with Crippen LogP contribution in [0.2, 0.25) is 0 Å². The molecule has 0 aliphatic rings. The first-order valence-electron chi connectivity index (χ1n) is 9.44. The molecule has 0 saturated heterocycles. The summed E-state index contributed by atoms with van der Waals surface area (Å²) in [6.45, 7) is -0.355. The second kappa shape index (κ2) is 9.63. The van der Waals surface area contributed by atoms with Crippen molar-refractivity contribution in [3.05, 3.63) is 78.4 Å². The second-order valence-electron chi connectivity index (χ2n) is 6.82. The van der Waals surface area contributed by atoms with Crippen molar-refractivity contribution in [2.24, 2.45) is 0 Å². The van der Waals surface area contributed by atoms with E-state index in [1.807, 2.05) is 12.1 Å². The summed E-state index contributed by atoms with van der Waals surface area (Å²) < 4.78 is 37.7. The van der Waals surface area contributed by atoms with Crippen molar-refractivity contribution < 1.29 is 27.8 Å². The van der Waals surface area contributed by atoms with Crippen molar-refractivity contribution >= 4 is 16.0 Å². The minimum Gasteiger partial charge on any atom is -0.497 e. The number of rotatable bonds is 9. The maximum atomic E-state index is 12.8. The van der Waals surface area contributed by atoms with Crippen LogP contribution in [0.25, 0.3) is 11.1 Å². The van der Waals surface area contributed by atoms with Gasteiger partial charge in [-0.25, -0.2) is 13.2 Å². The Hall–Kier alpha value is -3.36. The van der Waals surface area contributed by atoms with Crippen LogP contribution in [0, 0.1) is 0 Å². The monoisotopic (exact) mass is 441 g/mol. The highest BCUT2D eigenvalue weighted by molar-refractivity contribution is 7.89. The maximum Gasteiger partial charge on any atom is 0.341 e. The van der Waals surface area contributed by atoms with Gasteiger partial charge in [0.05, 0.1) is 12.0 Å². The Morgan fingerprint density at radius 3 is 2.42 bits per heavy atom. The van der Waals surface area contributed by atoms with E-state index in [2.05, 4.69) is 0 Å². The lowest BCUT2D eigenvalue weighted by Crippen LogP contribution is -2.26. The van der Waals surface area contributed by atoms with Crippen molar-refractivity contribution in [2.75, 3.05) is 20.8 Å². The fraction of sp³-hybridized carbons (Fsp3) is 0.174. The van der Waals surface area contributed by atoms with Gasteiger partial charge < -0.3 is 14.6 Å². The predicted molar refractivity (Wildman–Crippen MR) is 117 cm³/mol. The summed E-state index contributed by atoms with van der Waals surface area (Å²) >= 11 is 0. The molecule has 31 heavy (non-hydrogen) atoms. The Kier molecular flexibility index (Phi) is 6.94. The Morgan fingerprint density at radius 1 is 1.00 bits per heavy atom. The third kappa shape index (κ3) is 5.42. The second-order valence-corrected chi connectivity index (χ2v) is 8.86. The highest BCUT2D eigenvalue weighted by atomic mass is 32.2. The first-order chi connectivity index (χ1) is 14.8. The molecule has 3 rings (SSSR count). The number of carboxylic acid groups (broad SMARTS) is 1. The third-order valence-corrected chi connectivity index (χ3v) is 6.45. The molecule has 0 aromatic heterocycles. The molecule has 0 atom stereocenters. The molecule has 0 saturated carbocycles. The van der Waals surface area contributed by atoms with Crippen LogP contribution < -0.4 is 9.47 Å². The number of methoxy groups -OCH3 is 1. The van der Waals surface area contributed by atoms with Gasteiger partial charge in [-0.2, -0.15) is 4.31 Å². The summed E-state index contributed by atoms with van der Waals surface area (Å²) in [5.74, 6) is -0.0711. The molecule has 3 aromatic rings. The fourth-order valence-electron chi connectivity index (χ4n) is 3.07. The van der Waals surface area contributed by atoms with Crippen LogP contribution in [0.4, 0.5) is 0 Å². The maximum absolute atomic E-state index is 12.8. The molecule has 8 heteroatoms. The van der Waals surface area contributed by atoms with Crippen LogP contribution in [0.15, 0.2) is 77.7 Å². The molecule has 0 unspecified atom stereocenters. The lowest BCUT2D eigenvalue weighted by molar-refractivity contribution is -0.139. The van der Waals surface area contributed by atoms with Crippen LogP contribution in [-0.4, -0.2) is 44.6 Å². The predicted octanol–water partition coefficient (Wildman–Crippen LogP) is 3.65. The number of ether oxygens (including phenoxy) is 2. The number of hydrogen-bond donors (Lipinski definition) is 1. The average molecular weight is 442 g/mol. The zero-order valence-corrected chi connectivity index (χ0v) is 18.0. The Morgan fingerprint density at radius 2 is 1.74 bits per heavy atom. The van der Waals surface area contributed by atoms with Crippen LogP contribution in [-0.2, 0) is 21.4 Å². The molecule has 1 N–H and O–H groups in total. The third-order valence-electron chi connectivity index (χ3n) is 4.63. The van der Waals surface area contributed by atoms with Gasteiger partial charge in [0.15, 0.2) is 6.61 Å². The number of benzene rings is 3. The van der Waals surface area contributed by atoms with E-state index >= 15 is 0 Å². The zero-order chi connectivity index (χ0) is 22.4. The first-order valence-corrected chi connectivity index (χ1v) is 10.9. The van der Waals surface area contributed by atoms with E-state index in [1.165, 1.54) is 11.4 Å². The van der Waals surface area contributed by atoms with Crippen molar-refractivity contribution in [1.82, 2.24) is 4.31 Å². The van der Waals surface area contributed by atoms with E-state index in [0.29, 0.717) is 17.1 Å². The van der Waals surface area contributed by atoms with Crippen molar-refractivity contribution in [1.29, 1.82) is 0 Å². The summed E-state index contributed by atoms with van der Waals surface area (Å²) in [5, 5.41) is 8.97. The molecule has 0 spiro atoms. The first kappa shape index (κ1) is 22.3. The highest BCUT2D eigenvalue weighted by Gasteiger charge is 2.21. The lowest BCUT2D eigenvalue weighted by Gasteiger charge is -2.19.